The van der Waals surface area contributed by atoms with E-state index in [-0.39, 0.29) is 18.2 Å². The molecule has 0 atom stereocenters. The Morgan fingerprint density at radius 3 is 2.33 bits per heavy atom. The normalized spacial score (nSPS) is 11.1. The second-order valence-corrected chi connectivity index (χ2v) is 5.22. The van der Waals surface area contributed by atoms with Gasteiger partial charge in [-0.3, -0.25) is 9.59 Å². The van der Waals surface area contributed by atoms with E-state index >= 15 is 0 Å². The van der Waals surface area contributed by atoms with Crippen molar-refractivity contribution in [3.8, 4) is 0 Å². The molecule has 0 radical (unpaired) electrons. The van der Waals surface area contributed by atoms with Gasteiger partial charge in [0.2, 0.25) is 0 Å². The van der Waals surface area contributed by atoms with Crippen molar-refractivity contribution in [2.75, 3.05) is 6.61 Å². The van der Waals surface area contributed by atoms with Crippen LogP contribution in [0.4, 0.5) is 0 Å². The monoisotopic (exact) mass is 248 g/mol. The summed E-state index contributed by atoms with van der Waals surface area (Å²) >= 11 is 0. The zero-order valence-electron chi connectivity index (χ0n) is 11.4. The summed E-state index contributed by atoms with van der Waals surface area (Å²) in [7, 11) is 0. The van der Waals surface area contributed by atoms with Crippen molar-refractivity contribution in [3.05, 3.63) is 35.4 Å². The quantitative estimate of drug-likeness (QED) is 0.607. The molecule has 0 N–H and O–H groups in total. The van der Waals surface area contributed by atoms with Crippen molar-refractivity contribution >= 4 is 11.8 Å². The van der Waals surface area contributed by atoms with Crippen molar-refractivity contribution in [2.45, 2.75) is 34.1 Å². The van der Waals surface area contributed by atoms with Crippen LogP contribution >= 0.6 is 0 Å². The van der Waals surface area contributed by atoms with Gasteiger partial charge in [0.1, 0.15) is 0 Å². The molecule has 1 aromatic rings. The molecule has 0 aliphatic carbocycles. The molecule has 0 saturated carbocycles. The fraction of sp³-hybridized carbons (Fsp3) is 0.467. The summed E-state index contributed by atoms with van der Waals surface area (Å²) in [6, 6.07) is 7.21. The van der Waals surface area contributed by atoms with Crippen LogP contribution in [0.2, 0.25) is 0 Å². The third kappa shape index (κ3) is 3.69. The highest BCUT2D eigenvalue weighted by Crippen LogP contribution is 2.23. The van der Waals surface area contributed by atoms with Crippen molar-refractivity contribution in [1.29, 1.82) is 0 Å². The van der Waals surface area contributed by atoms with E-state index in [4.69, 9.17) is 4.74 Å². The second-order valence-electron chi connectivity index (χ2n) is 5.22. The van der Waals surface area contributed by atoms with Crippen LogP contribution in [0.3, 0.4) is 0 Å². The van der Waals surface area contributed by atoms with Gasteiger partial charge in [-0.25, -0.2) is 0 Å². The topological polar surface area (TPSA) is 43.4 Å². The maximum atomic E-state index is 12.3. The van der Waals surface area contributed by atoms with E-state index in [1.165, 1.54) is 0 Å². The summed E-state index contributed by atoms with van der Waals surface area (Å²) in [5.41, 5.74) is 0.888. The van der Waals surface area contributed by atoms with E-state index in [0.717, 1.165) is 5.56 Å². The van der Waals surface area contributed by atoms with E-state index < -0.39 is 5.41 Å². The summed E-state index contributed by atoms with van der Waals surface area (Å²) in [5, 5.41) is 0. The molecule has 0 heterocycles. The van der Waals surface area contributed by atoms with E-state index in [1.807, 2.05) is 32.9 Å². The Morgan fingerprint density at radius 2 is 1.78 bits per heavy atom. The van der Waals surface area contributed by atoms with Crippen molar-refractivity contribution in [1.82, 2.24) is 0 Å². The van der Waals surface area contributed by atoms with Crippen LogP contribution in [-0.2, 0) is 16.0 Å². The third-order valence-corrected chi connectivity index (χ3v) is 2.58. The van der Waals surface area contributed by atoms with Gasteiger partial charge >= 0.3 is 5.97 Å². The fourth-order valence-electron chi connectivity index (χ4n) is 1.67. The Bertz CT molecular complexity index is 441. The molecule has 1 aromatic carbocycles. The van der Waals surface area contributed by atoms with E-state index in [2.05, 4.69) is 0 Å². The van der Waals surface area contributed by atoms with Gasteiger partial charge in [0.15, 0.2) is 5.78 Å². The zero-order chi connectivity index (χ0) is 13.8. The first-order chi connectivity index (χ1) is 8.36. The SMILES string of the molecule is CCOC(=O)Cc1ccccc1C(=O)C(C)(C)C. The molecule has 0 fully saturated rings. The van der Waals surface area contributed by atoms with E-state index in [9.17, 15) is 9.59 Å². The number of ether oxygens (including phenoxy) is 1. The standard InChI is InChI=1S/C15H20O3/c1-5-18-13(16)10-11-8-6-7-9-12(11)14(17)15(2,3)4/h6-9H,5,10H2,1-4H3. The lowest BCUT2D eigenvalue weighted by atomic mass is 9.84. The van der Waals surface area contributed by atoms with Gasteiger partial charge in [-0.05, 0) is 12.5 Å². The van der Waals surface area contributed by atoms with Crippen LogP contribution in [-0.4, -0.2) is 18.4 Å². The third-order valence-electron chi connectivity index (χ3n) is 2.58. The Balaban J connectivity index is 3.00. The van der Waals surface area contributed by atoms with Crippen LogP contribution < -0.4 is 0 Å². The number of carbonyl (C=O) groups excluding carboxylic acids is 2. The van der Waals surface area contributed by atoms with Crippen LogP contribution in [0.15, 0.2) is 24.3 Å². The van der Waals surface area contributed by atoms with Crippen molar-refractivity contribution in [3.63, 3.8) is 0 Å². The number of rotatable bonds is 4. The van der Waals surface area contributed by atoms with Gasteiger partial charge in [0, 0.05) is 11.0 Å². The van der Waals surface area contributed by atoms with Crippen LogP contribution in [0.1, 0.15) is 43.6 Å². The minimum atomic E-state index is -0.454. The maximum Gasteiger partial charge on any atom is 0.310 e. The number of ketones is 1. The molecule has 0 aliphatic heterocycles. The first kappa shape index (κ1) is 14.4. The number of esters is 1. The Kier molecular flexibility index (Phi) is 4.65. The Morgan fingerprint density at radius 1 is 1.17 bits per heavy atom. The molecule has 0 amide bonds. The van der Waals surface area contributed by atoms with Crippen molar-refractivity contribution in [2.24, 2.45) is 5.41 Å². The highest BCUT2D eigenvalue weighted by Gasteiger charge is 2.25. The molecule has 0 spiro atoms. The first-order valence-electron chi connectivity index (χ1n) is 6.14. The number of Topliss-reactive ketones (excluding diaryl/α,β-unsaturated/α-hetero) is 1. The molecular formula is C15H20O3. The molecule has 98 valence electrons. The highest BCUT2D eigenvalue weighted by atomic mass is 16.5. The van der Waals surface area contributed by atoms with Gasteiger partial charge in [-0.1, -0.05) is 45.0 Å². The molecule has 0 saturated heterocycles. The zero-order valence-corrected chi connectivity index (χ0v) is 11.4. The molecule has 0 unspecified atom stereocenters. The first-order valence-corrected chi connectivity index (χ1v) is 6.14. The van der Waals surface area contributed by atoms with Crippen LogP contribution in [0.5, 0.6) is 0 Å². The fourth-order valence-corrected chi connectivity index (χ4v) is 1.67. The summed E-state index contributed by atoms with van der Waals surface area (Å²) in [5.74, 6) is -0.256. The summed E-state index contributed by atoms with van der Waals surface area (Å²) in [6.07, 6.45) is 0.145. The van der Waals surface area contributed by atoms with E-state index in [1.54, 1.807) is 19.1 Å². The van der Waals surface area contributed by atoms with Crippen molar-refractivity contribution < 1.29 is 14.3 Å². The second kappa shape index (κ2) is 5.80. The summed E-state index contributed by atoms with van der Waals surface area (Å²) in [4.78, 5) is 23.8. The molecular weight excluding hydrogens is 228 g/mol. The average Bonchev–Trinajstić information content (AvgIpc) is 2.28. The average molecular weight is 248 g/mol. The van der Waals surface area contributed by atoms with E-state index in [0.29, 0.717) is 12.2 Å². The molecule has 3 heteroatoms. The number of hydrogen-bond acceptors (Lipinski definition) is 3. The van der Waals surface area contributed by atoms with Gasteiger partial charge in [0.25, 0.3) is 0 Å². The lowest BCUT2D eigenvalue weighted by Gasteiger charge is -2.18. The minimum absolute atomic E-state index is 0.0439. The number of benzene rings is 1. The minimum Gasteiger partial charge on any atom is -0.466 e. The predicted octanol–water partition coefficient (Wildman–Crippen LogP) is 3.02. The molecule has 18 heavy (non-hydrogen) atoms. The highest BCUT2D eigenvalue weighted by molar-refractivity contribution is 6.01. The summed E-state index contributed by atoms with van der Waals surface area (Å²) in [6.45, 7) is 7.74. The smallest absolute Gasteiger partial charge is 0.310 e. The number of carbonyl (C=O) groups is 2. The summed E-state index contributed by atoms with van der Waals surface area (Å²) < 4.78 is 4.92. The lowest BCUT2D eigenvalue weighted by molar-refractivity contribution is -0.142. The van der Waals surface area contributed by atoms with Gasteiger partial charge in [0.05, 0.1) is 13.0 Å². The van der Waals surface area contributed by atoms with Gasteiger partial charge < -0.3 is 4.74 Å². The maximum absolute atomic E-state index is 12.3. The molecule has 3 nitrogen and oxygen atoms in total. The van der Waals surface area contributed by atoms with Crippen LogP contribution in [0.25, 0.3) is 0 Å². The van der Waals surface area contributed by atoms with Gasteiger partial charge in [-0.2, -0.15) is 0 Å². The van der Waals surface area contributed by atoms with Crippen LogP contribution in [0, 0.1) is 5.41 Å². The van der Waals surface area contributed by atoms with Gasteiger partial charge in [-0.15, -0.1) is 0 Å². The Hall–Kier alpha value is -1.64. The molecule has 0 aromatic heterocycles. The largest absolute Gasteiger partial charge is 0.466 e. The lowest BCUT2D eigenvalue weighted by Crippen LogP contribution is -2.22. The molecule has 0 aliphatic rings. The Labute approximate surface area is 108 Å². The predicted molar refractivity (Wildman–Crippen MR) is 70.6 cm³/mol. The molecule has 1 rings (SSSR count). The molecule has 0 bridgehead atoms. The number of hydrogen-bond donors (Lipinski definition) is 0.